The SMILES string of the molecule is CC1=C(C(=O)N2CC[C@@H](Oc3cccnc3N(C)C)C2)CCCO1. The van der Waals surface area contributed by atoms with Gasteiger partial charge in [0.05, 0.1) is 18.7 Å². The van der Waals surface area contributed by atoms with Gasteiger partial charge in [0.1, 0.15) is 11.9 Å². The number of nitrogens with zero attached hydrogens (tertiary/aromatic N) is 3. The van der Waals surface area contributed by atoms with Crippen molar-refractivity contribution in [2.75, 3.05) is 38.7 Å². The molecule has 0 radical (unpaired) electrons. The van der Waals surface area contributed by atoms with Gasteiger partial charge >= 0.3 is 0 Å². The second-order valence-electron chi connectivity index (χ2n) is 6.49. The van der Waals surface area contributed by atoms with E-state index in [-0.39, 0.29) is 12.0 Å². The molecule has 0 spiro atoms. The number of rotatable bonds is 4. The first-order valence-corrected chi connectivity index (χ1v) is 8.47. The molecular weight excluding hydrogens is 306 g/mol. The van der Waals surface area contributed by atoms with Gasteiger partial charge in [0.2, 0.25) is 0 Å². The topological polar surface area (TPSA) is 54.9 Å². The van der Waals surface area contributed by atoms with Gasteiger partial charge < -0.3 is 19.3 Å². The molecule has 1 atom stereocenters. The van der Waals surface area contributed by atoms with Crippen molar-refractivity contribution < 1.29 is 14.3 Å². The predicted octanol–water partition coefficient (Wildman–Crippen LogP) is 2.21. The van der Waals surface area contributed by atoms with Gasteiger partial charge in [0.15, 0.2) is 11.6 Å². The third kappa shape index (κ3) is 3.47. The van der Waals surface area contributed by atoms with E-state index >= 15 is 0 Å². The van der Waals surface area contributed by atoms with Crippen molar-refractivity contribution >= 4 is 11.7 Å². The van der Waals surface area contributed by atoms with Crippen LogP contribution >= 0.6 is 0 Å². The van der Waals surface area contributed by atoms with Crippen LogP contribution in [0.4, 0.5) is 5.82 Å². The normalized spacial score (nSPS) is 20.8. The summed E-state index contributed by atoms with van der Waals surface area (Å²) in [5.74, 6) is 2.44. The molecule has 1 aromatic heterocycles. The number of likely N-dealkylation sites (tertiary alicyclic amines) is 1. The fourth-order valence-corrected chi connectivity index (χ4v) is 3.18. The lowest BCUT2D eigenvalue weighted by Gasteiger charge is -2.23. The Hall–Kier alpha value is -2.24. The third-order valence-electron chi connectivity index (χ3n) is 4.47. The second kappa shape index (κ2) is 7.11. The smallest absolute Gasteiger partial charge is 0.253 e. The van der Waals surface area contributed by atoms with E-state index in [4.69, 9.17) is 9.47 Å². The average molecular weight is 331 g/mol. The number of hydrogen-bond donors (Lipinski definition) is 0. The van der Waals surface area contributed by atoms with E-state index in [0.29, 0.717) is 13.2 Å². The molecular formula is C18H25N3O3. The number of carbonyl (C=O) groups excluding carboxylic acids is 1. The number of allylic oxidation sites excluding steroid dienone is 1. The molecule has 1 aromatic rings. The Balaban J connectivity index is 1.65. The summed E-state index contributed by atoms with van der Waals surface area (Å²) >= 11 is 0. The Labute approximate surface area is 143 Å². The molecule has 0 unspecified atom stereocenters. The van der Waals surface area contributed by atoms with Crippen molar-refractivity contribution in [3.8, 4) is 5.75 Å². The summed E-state index contributed by atoms with van der Waals surface area (Å²) in [6, 6.07) is 3.79. The molecule has 3 rings (SSSR count). The highest BCUT2D eigenvalue weighted by Gasteiger charge is 2.31. The van der Waals surface area contributed by atoms with E-state index in [1.165, 1.54) is 0 Å². The molecule has 0 N–H and O–H groups in total. The Morgan fingerprint density at radius 1 is 1.46 bits per heavy atom. The van der Waals surface area contributed by atoms with Gasteiger partial charge in [0, 0.05) is 33.3 Å². The minimum atomic E-state index is 0.00210. The molecule has 2 aliphatic heterocycles. The van der Waals surface area contributed by atoms with Gasteiger partial charge in [-0.25, -0.2) is 4.98 Å². The molecule has 130 valence electrons. The summed E-state index contributed by atoms with van der Waals surface area (Å²) in [4.78, 5) is 20.9. The maximum atomic E-state index is 12.7. The fraction of sp³-hybridized carbons (Fsp3) is 0.556. The minimum absolute atomic E-state index is 0.00210. The lowest BCUT2D eigenvalue weighted by atomic mass is 10.1. The lowest BCUT2D eigenvalue weighted by Crippen LogP contribution is -2.33. The first-order chi connectivity index (χ1) is 11.6. The van der Waals surface area contributed by atoms with Gasteiger partial charge in [-0.2, -0.15) is 0 Å². The number of amides is 1. The van der Waals surface area contributed by atoms with E-state index in [1.807, 2.05) is 43.0 Å². The average Bonchev–Trinajstić information content (AvgIpc) is 3.03. The summed E-state index contributed by atoms with van der Waals surface area (Å²) < 4.78 is 11.6. The summed E-state index contributed by atoms with van der Waals surface area (Å²) in [5.41, 5.74) is 0.817. The van der Waals surface area contributed by atoms with Crippen LogP contribution in [0.15, 0.2) is 29.7 Å². The Kier molecular flexibility index (Phi) is 4.92. The molecule has 1 fully saturated rings. The van der Waals surface area contributed by atoms with Crippen LogP contribution in [0, 0.1) is 0 Å². The zero-order valence-electron chi connectivity index (χ0n) is 14.6. The van der Waals surface area contributed by atoms with E-state index < -0.39 is 0 Å². The Morgan fingerprint density at radius 2 is 2.29 bits per heavy atom. The molecule has 3 heterocycles. The van der Waals surface area contributed by atoms with Crippen molar-refractivity contribution in [2.24, 2.45) is 0 Å². The van der Waals surface area contributed by atoms with Crippen LogP contribution in [-0.2, 0) is 9.53 Å². The van der Waals surface area contributed by atoms with Crippen molar-refractivity contribution in [3.63, 3.8) is 0 Å². The Morgan fingerprint density at radius 3 is 3.04 bits per heavy atom. The molecule has 1 saturated heterocycles. The fourth-order valence-electron chi connectivity index (χ4n) is 3.18. The predicted molar refractivity (Wildman–Crippen MR) is 92.1 cm³/mol. The molecule has 6 nitrogen and oxygen atoms in total. The largest absolute Gasteiger partial charge is 0.498 e. The standard InChI is InChI=1S/C18H25N3O3/c1-13-15(6-5-11-23-13)18(22)21-10-8-14(12-21)24-16-7-4-9-19-17(16)20(2)3/h4,7,9,14H,5-6,8,10-12H2,1-3H3/t14-/m1/s1. The molecule has 0 saturated carbocycles. The maximum absolute atomic E-state index is 12.7. The molecule has 24 heavy (non-hydrogen) atoms. The first-order valence-electron chi connectivity index (χ1n) is 8.47. The van der Waals surface area contributed by atoms with E-state index in [2.05, 4.69) is 4.98 Å². The highest BCUT2D eigenvalue weighted by Crippen LogP contribution is 2.28. The van der Waals surface area contributed by atoms with Crippen LogP contribution in [0.3, 0.4) is 0 Å². The summed E-state index contributed by atoms with van der Waals surface area (Å²) in [6.07, 6.45) is 4.31. The second-order valence-corrected chi connectivity index (χ2v) is 6.49. The van der Waals surface area contributed by atoms with Crippen molar-refractivity contribution in [2.45, 2.75) is 32.3 Å². The summed E-state index contributed by atoms with van der Waals surface area (Å²) in [7, 11) is 3.88. The van der Waals surface area contributed by atoms with E-state index in [1.54, 1.807) is 6.20 Å². The number of pyridine rings is 1. The number of carbonyl (C=O) groups is 1. The van der Waals surface area contributed by atoms with Crippen LogP contribution in [0.25, 0.3) is 0 Å². The van der Waals surface area contributed by atoms with E-state index in [9.17, 15) is 4.79 Å². The molecule has 0 aliphatic carbocycles. The van der Waals surface area contributed by atoms with Crippen LogP contribution in [0.5, 0.6) is 5.75 Å². The summed E-state index contributed by atoms with van der Waals surface area (Å²) in [6.45, 7) is 3.92. The van der Waals surface area contributed by atoms with Gasteiger partial charge in [-0.05, 0) is 31.9 Å². The highest BCUT2D eigenvalue weighted by molar-refractivity contribution is 5.94. The van der Waals surface area contributed by atoms with Crippen molar-refractivity contribution in [3.05, 3.63) is 29.7 Å². The minimum Gasteiger partial charge on any atom is -0.498 e. The lowest BCUT2D eigenvalue weighted by molar-refractivity contribution is -0.127. The number of aromatic nitrogens is 1. The first kappa shape index (κ1) is 16.6. The molecule has 0 bridgehead atoms. The molecule has 0 aromatic carbocycles. The Bertz CT molecular complexity index is 642. The van der Waals surface area contributed by atoms with Gasteiger partial charge in [-0.1, -0.05) is 0 Å². The van der Waals surface area contributed by atoms with Crippen molar-refractivity contribution in [1.82, 2.24) is 9.88 Å². The van der Waals surface area contributed by atoms with Crippen molar-refractivity contribution in [1.29, 1.82) is 0 Å². The van der Waals surface area contributed by atoms with Gasteiger partial charge in [-0.15, -0.1) is 0 Å². The zero-order chi connectivity index (χ0) is 17.1. The third-order valence-corrected chi connectivity index (χ3v) is 4.47. The molecule has 6 heteroatoms. The van der Waals surface area contributed by atoms with Crippen LogP contribution in [0.1, 0.15) is 26.2 Å². The number of anilines is 1. The monoisotopic (exact) mass is 331 g/mol. The summed E-state index contributed by atoms with van der Waals surface area (Å²) in [5, 5.41) is 0. The number of ether oxygens (including phenoxy) is 2. The molecule has 2 aliphatic rings. The quantitative estimate of drug-likeness (QED) is 0.847. The highest BCUT2D eigenvalue weighted by atomic mass is 16.5. The van der Waals surface area contributed by atoms with Crippen LogP contribution in [-0.4, -0.2) is 55.7 Å². The van der Waals surface area contributed by atoms with Gasteiger partial charge in [-0.3, -0.25) is 4.79 Å². The number of hydrogen-bond acceptors (Lipinski definition) is 5. The van der Waals surface area contributed by atoms with E-state index in [0.717, 1.165) is 48.7 Å². The van der Waals surface area contributed by atoms with Gasteiger partial charge in [0.25, 0.3) is 5.91 Å². The molecule has 1 amide bonds. The maximum Gasteiger partial charge on any atom is 0.253 e. The van der Waals surface area contributed by atoms with Crippen LogP contribution in [0.2, 0.25) is 0 Å². The zero-order valence-corrected chi connectivity index (χ0v) is 14.6. The van der Waals surface area contributed by atoms with Crippen LogP contribution < -0.4 is 9.64 Å².